The van der Waals surface area contributed by atoms with E-state index in [2.05, 4.69) is 13.8 Å². The van der Waals surface area contributed by atoms with Crippen LogP contribution in [0.15, 0.2) is 0 Å². The molecule has 0 amide bonds. The first-order chi connectivity index (χ1) is 5.72. The number of hydrogen-bond donors (Lipinski definition) is 0. The van der Waals surface area contributed by atoms with Crippen LogP contribution in [0.2, 0.25) is 0 Å². The molecule has 0 N–H and O–H groups in total. The van der Waals surface area contributed by atoms with Crippen LogP contribution in [0.5, 0.6) is 0 Å². The van der Waals surface area contributed by atoms with Crippen LogP contribution in [-0.4, -0.2) is 0 Å². The predicted octanol–water partition coefficient (Wildman–Crippen LogP) is 3.96. The van der Waals surface area contributed by atoms with Crippen molar-refractivity contribution in [1.29, 1.82) is 0 Å². The third-order valence-electron chi connectivity index (χ3n) is 4.25. The third-order valence-corrected chi connectivity index (χ3v) is 4.25. The summed E-state index contributed by atoms with van der Waals surface area (Å²) in [5.74, 6) is 2.79. The highest BCUT2D eigenvalue weighted by molar-refractivity contribution is 5.05. The highest BCUT2D eigenvalue weighted by Crippen LogP contribution is 2.53. The summed E-state index contributed by atoms with van der Waals surface area (Å²) in [6.45, 7) is 4.91. The summed E-state index contributed by atoms with van der Waals surface area (Å²) in [6.07, 6.45) is 10.3. The molecule has 0 aliphatic heterocycles. The van der Waals surface area contributed by atoms with Gasteiger partial charge < -0.3 is 0 Å². The van der Waals surface area contributed by atoms with E-state index in [0.29, 0.717) is 0 Å². The van der Waals surface area contributed by atoms with E-state index in [1.54, 1.807) is 0 Å². The summed E-state index contributed by atoms with van der Waals surface area (Å²) >= 11 is 0. The molecule has 2 saturated carbocycles. The standard InChI is InChI=1S/C12H21/c1-10-6-3-4-7-11(10)12(2)8-5-9-12/h11H,3-9H2,1-2H3. The van der Waals surface area contributed by atoms with Gasteiger partial charge in [0.2, 0.25) is 0 Å². The molecule has 69 valence electrons. The molecule has 2 aliphatic rings. The molecule has 0 nitrogen and oxygen atoms in total. The van der Waals surface area contributed by atoms with Gasteiger partial charge in [-0.3, -0.25) is 0 Å². The zero-order valence-electron chi connectivity index (χ0n) is 8.53. The van der Waals surface area contributed by atoms with Gasteiger partial charge in [0, 0.05) is 0 Å². The van der Waals surface area contributed by atoms with Crippen LogP contribution in [0.1, 0.15) is 58.8 Å². The first kappa shape index (κ1) is 8.59. The van der Waals surface area contributed by atoms with Gasteiger partial charge >= 0.3 is 0 Å². The van der Waals surface area contributed by atoms with E-state index in [1.807, 2.05) is 5.92 Å². The Balaban J connectivity index is 2.00. The lowest BCUT2D eigenvalue weighted by atomic mass is 9.56. The first-order valence-corrected chi connectivity index (χ1v) is 5.55. The maximum atomic E-state index is 2.51. The summed E-state index contributed by atoms with van der Waals surface area (Å²) < 4.78 is 0. The molecule has 2 aliphatic carbocycles. The van der Waals surface area contributed by atoms with Gasteiger partial charge in [0.25, 0.3) is 0 Å². The summed E-state index contributed by atoms with van der Waals surface area (Å²) in [6, 6.07) is 0. The second-order valence-corrected chi connectivity index (χ2v) is 5.15. The van der Waals surface area contributed by atoms with Gasteiger partial charge in [0.05, 0.1) is 0 Å². The van der Waals surface area contributed by atoms with Gasteiger partial charge in [-0.2, -0.15) is 0 Å². The Hall–Kier alpha value is 0. The van der Waals surface area contributed by atoms with E-state index >= 15 is 0 Å². The molecule has 0 spiro atoms. The minimum absolute atomic E-state index is 0.727. The molecular formula is C12H21. The molecule has 0 aromatic rings. The minimum atomic E-state index is 0.727. The SMILES string of the molecule is C[C]1CCCCC1C1(C)CCC1. The second-order valence-electron chi connectivity index (χ2n) is 5.15. The largest absolute Gasteiger partial charge is 0.0594 e. The Morgan fingerprint density at radius 3 is 2.42 bits per heavy atom. The predicted molar refractivity (Wildman–Crippen MR) is 52.8 cm³/mol. The van der Waals surface area contributed by atoms with Crippen LogP contribution >= 0.6 is 0 Å². The van der Waals surface area contributed by atoms with Gasteiger partial charge in [0.15, 0.2) is 0 Å². The van der Waals surface area contributed by atoms with E-state index in [9.17, 15) is 0 Å². The van der Waals surface area contributed by atoms with Crippen LogP contribution in [0.3, 0.4) is 0 Å². The van der Waals surface area contributed by atoms with Crippen molar-refractivity contribution >= 4 is 0 Å². The first-order valence-electron chi connectivity index (χ1n) is 5.55. The molecule has 2 fully saturated rings. The summed E-state index contributed by atoms with van der Waals surface area (Å²) in [7, 11) is 0. The van der Waals surface area contributed by atoms with Crippen LogP contribution < -0.4 is 0 Å². The Labute approximate surface area is 76.7 Å². The number of rotatable bonds is 1. The van der Waals surface area contributed by atoms with Crippen molar-refractivity contribution in [2.24, 2.45) is 11.3 Å². The monoisotopic (exact) mass is 165 g/mol. The Morgan fingerprint density at radius 1 is 1.17 bits per heavy atom. The quantitative estimate of drug-likeness (QED) is 0.551. The van der Waals surface area contributed by atoms with Crippen LogP contribution in [0.4, 0.5) is 0 Å². The van der Waals surface area contributed by atoms with Gasteiger partial charge in [-0.15, -0.1) is 0 Å². The Kier molecular flexibility index (Phi) is 2.18. The smallest absolute Gasteiger partial charge is 0.0236 e. The van der Waals surface area contributed by atoms with Crippen LogP contribution in [-0.2, 0) is 0 Å². The average Bonchev–Trinajstić information content (AvgIpc) is 2.01. The summed E-state index contributed by atoms with van der Waals surface area (Å²) in [4.78, 5) is 0. The third kappa shape index (κ3) is 1.30. The molecule has 0 aromatic carbocycles. The summed E-state index contributed by atoms with van der Waals surface area (Å²) in [5.41, 5.74) is 0.727. The second kappa shape index (κ2) is 3.05. The lowest BCUT2D eigenvalue weighted by molar-refractivity contribution is 0.0611. The average molecular weight is 165 g/mol. The normalized spacial score (nSPS) is 36.0. The van der Waals surface area contributed by atoms with Crippen LogP contribution in [0.25, 0.3) is 0 Å². The van der Waals surface area contributed by atoms with Gasteiger partial charge in [-0.05, 0) is 42.9 Å². The fourth-order valence-electron chi connectivity index (χ4n) is 3.20. The highest BCUT2D eigenvalue weighted by Gasteiger charge is 2.42. The van der Waals surface area contributed by atoms with Crippen LogP contribution in [0, 0.1) is 17.3 Å². The van der Waals surface area contributed by atoms with Gasteiger partial charge in [-0.1, -0.05) is 33.1 Å². The van der Waals surface area contributed by atoms with Crippen molar-refractivity contribution in [2.45, 2.75) is 58.8 Å². The summed E-state index contributed by atoms with van der Waals surface area (Å²) in [5, 5.41) is 0. The van der Waals surface area contributed by atoms with Crippen molar-refractivity contribution in [3.8, 4) is 0 Å². The molecule has 0 bridgehead atoms. The topological polar surface area (TPSA) is 0 Å². The van der Waals surface area contributed by atoms with Crippen molar-refractivity contribution < 1.29 is 0 Å². The molecule has 12 heavy (non-hydrogen) atoms. The molecule has 1 unspecified atom stereocenters. The van der Waals surface area contributed by atoms with Gasteiger partial charge in [0.1, 0.15) is 0 Å². The molecule has 0 aromatic heterocycles. The van der Waals surface area contributed by atoms with E-state index in [4.69, 9.17) is 0 Å². The zero-order valence-corrected chi connectivity index (χ0v) is 8.53. The number of hydrogen-bond acceptors (Lipinski definition) is 0. The molecule has 1 atom stereocenters. The van der Waals surface area contributed by atoms with E-state index in [1.165, 1.54) is 44.9 Å². The van der Waals surface area contributed by atoms with E-state index in [0.717, 1.165) is 11.3 Å². The molecule has 0 heterocycles. The molecular weight excluding hydrogens is 144 g/mol. The minimum Gasteiger partial charge on any atom is -0.0594 e. The molecule has 1 radical (unpaired) electrons. The van der Waals surface area contributed by atoms with E-state index < -0.39 is 0 Å². The fraction of sp³-hybridized carbons (Fsp3) is 0.917. The molecule has 0 saturated heterocycles. The molecule has 0 heteroatoms. The van der Waals surface area contributed by atoms with Gasteiger partial charge in [-0.25, -0.2) is 0 Å². The van der Waals surface area contributed by atoms with Crippen molar-refractivity contribution in [3.05, 3.63) is 5.92 Å². The molecule has 2 rings (SSSR count). The maximum Gasteiger partial charge on any atom is -0.0236 e. The maximum absolute atomic E-state index is 2.51. The Bertz CT molecular complexity index is 155. The lowest BCUT2D eigenvalue weighted by Gasteiger charge is -2.49. The van der Waals surface area contributed by atoms with Crippen molar-refractivity contribution in [3.63, 3.8) is 0 Å². The Morgan fingerprint density at radius 2 is 1.92 bits per heavy atom. The lowest BCUT2D eigenvalue weighted by Crippen LogP contribution is -2.38. The van der Waals surface area contributed by atoms with Crippen molar-refractivity contribution in [2.75, 3.05) is 0 Å². The van der Waals surface area contributed by atoms with Crippen molar-refractivity contribution in [1.82, 2.24) is 0 Å². The van der Waals surface area contributed by atoms with E-state index in [-0.39, 0.29) is 0 Å². The zero-order chi connectivity index (χ0) is 8.60. The fourth-order valence-corrected chi connectivity index (χ4v) is 3.20. The highest BCUT2D eigenvalue weighted by atomic mass is 14.5.